The van der Waals surface area contributed by atoms with Crippen LogP contribution < -0.4 is 5.32 Å². The van der Waals surface area contributed by atoms with E-state index in [-0.39, 0.29) is 17.9 Å². The Bertz CT molecular complexity index is 561. The van der Waals surface area contributed by atoms with Gasteiger partial charge in [0, 0.05) is 6.04 Å². The van der Waals surface area contributed by atoms with Crippen LogP contribution in [0.1, 0.15) is 30.9 Å². The van der Waals surface area contributed by atoms with Crippen molar-refractivity contribution in [2.24, 2.45) is 5.92 Å². The summed E-state index contributed by atoms with van der Waals surface area (Å²) in [6.45, 7) is 0.831. The summed E-state index contributed by atoms with van der Waals surface area (Å²) in [5.41, 5.74) is 0.905. The Balaban J connectivity index is 1.64. The number of carboxylic acid groups (broad SMARTS) is 1. The third-order valence-electron chi connectivity index (χ3n) is 4.47. The molecule has 3 rings (SSSR count). The first-order valence-electron chi connectivity index (χ1n) is 7.96. The molecule has 0 unspecified atom stereocenters. The summed E-state index contributed by atoms with van der Waals surface area (Å²) in [4.78, 5) is 23.6. The fourth-order valence-electron chi connectivity index (χ4n) is 3.27. The number of carboxylic acids is 1. The summed E-state index contributed by atoms with van der Waals surface area (Å²) in [6.07, 6.45) is 0.637. The third-order valence-corrected chi connectivity index (χ3v) is 4.47. The molecule has 0 radical (unpaired) electrons. The number of hydrogen-bond donors (Lipinski definition) is 2. The van der Waals surface area contributed by atoms with E-state index in [2.05, 4.69) is 5.32 Å². The van der Waals surface area contributed by atoms with Crippen molar-refractivity contribution >= 4 is 11.9 Å². The molecule has 0 spiro atoms. The van der Waals surface area contributed by atoms with Gasteiger partial charge in [-0.2, -0.15) is 0 Å². The molecule has 6 heteroatoms. The minimum Gasteiger partial charge on any atom is -0.481 e. The normalized spacial score (nSPS) is 30.8. The van der Waals surface area contributed by atoms with Crippen LogP contribution >= 0.6 is 0 Å². The van der Waals surface area contributed by atoms with Gasteiger partial charge in [0.2, 0.25) is 0 Å². The Kier molecular flexibility index (Phi) is 4.93. The van der Waals surface area contributed by atoms with Crippen LogP contribution in [0.25, 0.3) is 0 Å². The highest BCUT2D eigenvalue weighted by Gasteiger charge is 2.37. The van der Waals surface area contributed by atoms with Crippen molar-refractivity contribution in [1.82, 2.24) is 5.32 Å². The molecule has 2 N–H and O–H groups in total. The van der Waals surface area contributed by atoms with E-state index in [1.807, 2.05) is 30.3 Å². The van der Waals surface area contributed by atoms with Crippen LogP contribution in [0.15, 0.2) is 30.3 Å². The van der Waals surface area contributed by atoms with Gasteiger partial charge in [-0.05, 0) is 24.8 Å². The molecule has 6 nitrogen and oxygen atoms in total. The summed E-state index contributed by atoms with van der Waals surface area (Å²) in [5, 5.41) is 12.0. The maximum Gasteiger partial charge on any atom is 0.306 e. The highest BCUT2D eigenvalue weighted by molar-refractivity contribution is 5.82. The van der Waals surface area contributed by atoms with Crippen LogP contribution in [0.2, 0.25) is 0 Å². The van der Waals surface area contributed by atoms with Gasteiger partial charge in [-0.25, -0.2) is 0 Å². The van der Waals surface area contributed by atoms with Crippen molar-refractivity contribution in [3.63, 3.8) is 0 Å². The number of carbonyl (C=O) groups is 2. The smallest absolute Gasteiger partial charge is 0.306 e. The zero-order valence-electron chi connectivity index (χ0n) is 12.8. The maximum absolute atomic E-state index is 12.6. The standard InChI is InChI=1S/C17H21NO5/c19-16(18-13-7-6-12(10-13)17(20)21)15-14(22-8-9-23-15)11-4-2-1-3-5-11/h1-5,12-15H,6-10H2,(H,18,19)(H,20,21)/t12-,13+,14-,15-/m1/s1. The topological polar surface area (TPSA) is 84.9 Å². The summed E-state index contributed by atoms with van der Waals surface area (Å²) in [7, 11) is 0. The van der Waals surface area contributed by atoms with Crippen LogP contribution in [0.5, 0.6) is 0 Å². The monoisotopic (exact) mass is 319 g/mol. The van der Waals surface area contributed by atoms with E-state index in [1.165, 1.54) is 0 Å². The molecule has 1 saturated carbocycles. The lowest BCUT2D eigenvalue weighted by molar-refractivity contribution is -0.167. The van der Waals surface area contributed by atoms with E-state index in [0.29, 0.717) is 32.5 Å². The fraction of sp³-hybridized carbons (Fsp3) is 0.529. The zero-order chi connectivity index (χ0) is 16.2. The number of aliphatic carboxylic acids is 1. The average molecular weight is 319 g/mol. The molecular formula is C17H21NO5. The molecule has 1 aromatic rings. The minimum atomic E-state index is -0.791. The largest absolute Gasteiger partial charge is 0.481 e. The maximum atomic E-state index is 12.6. The second-order valence-electron chi connectivity index (χ2n) is 6.05. The molecule has 2 fully saturated rings. The molecule has 1 heterocycles. The Morgan fingerprint density at radius 1 is 1.09 bits per heavy atom. The number of benzene rings is 1. The fourth-order valence-corrected chi connectivity index (χ4v) is 3.27. The second kappa shape index (κ2) is 7.10. The summed E-state index contributed by atoms with van der Waals surface area (Å²) in [5.74, 6) is -1.38. The predicted octanol–water partition coefficient (Wildman–Crippen LogP) is 1.51. The van der Waals surface area contributed by atoms with E-state index >= 15 is 0 Å². The summed E-state index contributed by atoms with van der Waals surface area (Å²) in [6, 6.07) is 9.43. The molecule has 23 heavy (non-hydrogen) atoms. The number of amides is 1. The molecular weight excluding hydrogens is 298 g/mol. The van der Waals surface area contributed by atoms with Gasteiger partial charge in [-0.3, -0.25) is 9.59 Å². The SMILES string of the molecule is O=C(O)[C@@H]1CC[C@H](NC(=O)[C@@H]2OCCO[C@@H]2c2ccccc2)C1. The molecule has 1 aliphatic heterocycles. The first-order chi connectivity index (χ1) is 11.1. The van der Waals surface area contributed by atoms with Gasteiger partial charge >= 0.3 is 5.97 Å². The van der Waals surface area contributed by atoms with Gasteiger partial charge in [0.15, 0.2) is 6.10 Å². The number of nitrogens with one attached hydrogen (secondary N) is 1. The Labute approximate surface area is 134 Å². The van der Waals surface area contributed by atoms with Gasteiger partial charge in [0.1, 0.15) is 6.10 Å². The second-order valence-corrected chi connectivity index (χ2v) is 6.05. The average Bonchev–Trinajstić information content (AvgIpc) is 3.04. The van der Waals surface area contributed by atoms with E-state index < -0.39 is 18.2 Å². The lowest BCUT2D eigenvalue weighted by atomic mass is 10.0. The Hall–Kier alpha value is -1.92. The Morgan fingerprint density at radius 2 is 1.83 bits per heavy atom. The lowest BCUT2D eigenvalue weighted by Gasteiger charge is -2.32. The van der Waals surface area contributed by atoms with Crippen LogP contribution in [0, 0.1) is 5.92 Å². The van der Waals surface area contributed by atoms with Gasteiger partial charge in [0.05, 0.1) is 19.1 Å². The van der Waals surface area contributed by atoms with Crippen molar-refractivity contribution in [3.8, 4) is 0 Å². The van der Waals surface area contributed by atoms with E-state index in [9.17, 15) is 9.59 Å². The summed E-state index contributed by atoms with van der Waals surface area (Å²) >= 11 is 0. The number of rotatable bonds is 4. The summed E-state index contributed by atoms with van der Waals surface area (Å²) < 4.78 is 11.4. The lowest BCUT2D eigenvalue weighted by Crippen LogP contribution is -2.47. The first-order valence-corrected chi connectivity index (χ1v) is 7.96. The Morgan fingerprint density at radius 3 is 2.52 bits per heavy atom. The molecule has 4 atom stereocenters. The number of hydrogen-bond acceptors (Lipinski definition) is 4. The number of ether oxygens (including phenoxy) is 2. The molecule has 1 aliphatic carbocycles. The van der Waals surface area contributed by atoms with Crippen LogP contribution in [0.3, 0.4) is 0 Å². The third kappa shape index (κ3) is 3.71. The van der Waals surface area contributed by atoms with Crippen LogP contribution in [-0.2, 0) is 19.1 Å². The van der Waals surface area contributed by atoms with Crippen molar-refractivity contribution in [2.45, 2.75) is 37.5 Å². The van der Waals surface area contributed by atoms with Crippen LogP contribution in [-0.4, -0.2) is 42.3 Å². The van der Waals surface area contributed by atoms with E-state index in [0.717, 1.165) is 5.56 Å². The quantitative estimate of drug-likeness (QED) is 0.879. The van der Waals surface area contributed by atoms with Crippen molar-refractivity contribution < 1.29 is 24.2 Å². The van der Waals surface area contributed by atoms with E-state index in [4.69, 9.17) is 14.6 Å². The van der Waals surface area contributed by atoms with E-state index in [1.54, 1.807) is 0 Å². The van der Waals surface area contributed by atoms with Gasteiger partial charge in [0.25, 0.3) is 5.91 Å². The first kappa shape index (κ1) is 16.0. The molecule has 124 valence electrons. The van der Waals surface area contributed by atoms with Gasteiger partial charge < -0.3 is 19.9 Å². The van der Waals surface area contributed by atoms with Gasteiger partial charge in [-0.15, -0.1) is 0 Å². The van der Waals surface area contributed by atoms with Crippen LogP contribution in [0.4, 0.5) is 0 Å². The molecule has 0 bridgehead atoms. The van der Waals surface area contributed by atoms with Crippen molar-refractivity contribution in [3.05, 3.63) is 35.9 Å². The minimum absolute atomic E-state index is 0.106. The highest BCUT2D eigenvalue weighted by Crippen LogP contribution is 2.29. The highest BCUT2D eigenvalue weighted by atomic mass is 16.6. The number of carbonyl (C=O) groups excluding carboxylic acids is 1. The molecule has 1 amide bonds. The zero-order valence-corrected chi connectivity index (χ0v) is 12.8. The van der Waals surface area contributed by atoms with Crippen molar-refractivity contribution in [1.29, 1.82) is 0 Å². The molecule has 2 aliphatic rings. The predicted molar refractivity (Wildman–Crippen MR) is 81.8 cm³/mol. The molecule has 1 saturated heterocycles. The molecule has 1 aromatic carbocycles. The molecule has 0 aromatic heterocycles. The van der Waals surface area contributed by atoms with Gasteiger partial charge in [-0.1, -0.05) is 30.3 Å². The van der Waals surface area contributed by atoms with Crippen molar-refractivity contribution in [2.75, 3.05) is 13.2 Å².